The maximum atomic E-state index is 12.8. The standard InChI is InChI=1S/C33H46N2O8S/c1-20(2)11-13-25-32(6,43-25)29-28(40-7)23(15-16-33(29)19-41-33)42-30(39)35-27(38)18-44-22-10-8-9-21(17-22)34-26(37)14-12-24(36)31(3,4)5/h8-11,17,23,25,28-29H,12-16,18-19H2,1-7H3,(H,34,37)(H,35,38,39)/t23-,25-,28-,29-,32+,33+/m1/s1. The van der Waals surface area contributed by atoms with Crippen LogP contribution >= 0.6 is 11.8 Å². The largest absolute Gasteiger partial charge is 0.443 e. The summed E-state index contributed by atoms with van der Waals surface area (Å²) in [4.78, 5) is 50.6. The number of hydrogen-bond acceptors (Lipinski definition) is 9. The third-order valence-electron chi connectivity index (χ3n) is 8.64. The number of carbonyl (C=O) groups excluding carboxylic acids is 4. The number of epoxide rings is 2. The van der Waals surface area contributed by atoms with E-state index in [-0.39, 0.29) is 47.9 Å². The third kappa shape index (κ3) is 8.50. The fraction of sp³-hybridized carbons (Fsp3) is 0.636. The third-order valence-corrected chi connectivity index (χ3v) is 9.63. The predicted octanol–water partition coefficient (Wildman–Crippen LogP) is 5.44. The van der Waals surface area contributed by atoms with Crippen LogP contribution in [0.2, 0.25) is 0 Å². The molecule has 0 unspecified atom stereocenters. The van der Waals surface area contributed by atoms with E-state index in [1.54, 1.807) is 25.3 Å². The minimum atomic E-state index is -0.817. The number of amides is 3. The number of hydrogen-bond donors (Lipinski definition) is 2. The van der Waals surface area contributed by atoms with Gasteiger partial charge in [0.15, 0.2) is 0 Å². The molecular formula is C33H46N2O8S. The van der Waals surface area contributed by atoms with Crippen molar-refractivity contribution >= 4 is 41.1 Å². The van der Waals surface area contributed by atoms with Crippen molar-refractivity contribution in [3.8, 4) is 0 Å². The van der Waals surface area contributed by atoms with E-state index in [9.17, 15) is 19.2 Å². The molecule has 1 aromatic carbocycles. The molecule has 0 aromatic heterocycles. The lowest BCUT2D eigenvalue weighted by Gasteiger charge is -2.42. The molecule has 1 saturated carbocycles. The average Bonchev–Trinajstić information content (AvgIpc) is 3.86. The van der Waals surface area contributed by atoms with Gasteiger partial charge in [-0.25, -0.2) is 4.79 Å². The Morgan fingerprint density at radius 2 is 1.86 bits per heavy atom. The Labute approximate surface area is 264 Å². The van der Waals surface area contributed by atoms with Crippen molar-refractivity contribution in [2.75, 3.05) is 24.8 Å². The molecular weight excluding hydrogens is 584 g/mol. The highest BCUT2D eigenvalue weighted by Crippen LogP contribution is 2.59. The van der Waals surface area contributed by atoms with Gasteiger partial charge in [0.25, 0.3) is 0 Å². The van der Waals surface area contributed by atoms with E-state index in [2.05, 4.69) is 37.5 Å². The summed E-state index contributed by atoms with van der Waals surface area (Å²) >= 11 is 1.22. The minimum absolute atomic E-state index is 0.0253. The molecule has 2 N–H and O–H groups in total. The molecule has 2 saturated heterocycles. The molecule has 3 fully saturated rings. The molecule has 3 amide bonds. The van der Waals surface area contributed by atoms with Gasteiger partial charge < -0.3 is 24.3 Å². The number of allylic oxidation sites excluding steroid dienone is 1. The van der Waals surface area contributed by atoms with Crippen LogP contribution in [0.25, 0.3) is 0 Å². The van der Waals surface area contributed by atoms with Gasteiger partial charge in [-0.05, 0) is 58.2 Å². The maximum absolute atomic E-state index is 12.8. The van der Waals surface area contributed by atoms with Crippen molar-refractivity contribution in [2.45, 2.75) is 108 Å². The zero-order chi connectivity index (χ0) is 32.3. The normalized spacial score (nSPS) is 29.0. The van der Waals surface area contributed by atoms with Crippen LogP contribution < -0.4 is 10.6 Å². The average molecular weight is 631 g/mol. The summed E-state index contributed by atoms with van der Waals surface area (Å²) in [5, 5.41) is 5.12. The smallest absolute Gasteiger partial charge is 0.414 e. The van der Waals surface area contributed by atoms with E-state index in [0.717, 1.165) is 11.3 Å². The van der Waals surface area contributed by atoms with E-state index in [1.165, 1.54) is 17.3 Å². The van der Waals surface area contributed by atoms with Gasteiger partial charge in [-0.1, -0.05) is 38.5 Å². The summed E-state index contributed by atoms with van der Waals surface area (Å²) in [5.41, 5.74) is 0.519. The number of carbonyl (C=O) groups is 4. The number of Topliss-reactive ketones (excluding diaryl/α,β-unsaturated/α-hetero) is 1. The van der Waals surface area contributed by atoms with Crippen LogP contribution in [0.5, 0.6) is 0 Å². The lowest BCUT2D eigenvalue weighted by atomic mass is 9.68. The number of anilines is 1. The first kappa shape index (κ1) is 34.1. The lowest BCUT2D eigenvalue weighted by Crippen LogP contribution is -2.56. The number of thioether (sulfide) groups is 1. The van der Waals surface area contributed by atoms with E-state index >= 15 is 0 Å². The first-order chi connectivity index (χ1) is 20.7. The highest BCUT2D eigenvalue weighted by atomic mass is 32.2. The topological polar surface area (TPSA) is 136 Å². The molecule has 1 aliphatic carbocycles. The zero-order valence-corrected chi connectivity index (χ0v) is 27.6. The molecule has 1 aromatic rings. The van der Waals surface area contributed by atoms with Crippen molar-refractivity contribution in [3.63, 3.8) is 0 Å². The first-order valence-electron chi connectivity index (χ1n) is 15.2. The number of imide groups is 1. The second-order valence-electron chi connectivity index (χ2n) is 13.4. The van der Waals surface area contributed by atoms with Gasteiger partial charge in [0.1, 0.15) is 29.2 Å². The molecule has 1 spiro atoms. The maximum Gasteiger partial charge on any atom is 0.414 e. The molecule has 11 heteroatoms. The molecule has 2 heterocycles. The van der Waals surface area contributed by atoms with E-state index in [4.69, 9.17) is 18.9 Å². The van der Waals surface area contributed by atoms with Crippen LogP contribution in [0.15, 0.2) is 40.8 Å². The van der Waals surface area contributed by atoms with Crippen LogP contribution in [0.1, 0.15) is 73.6 Å². The van der Waals surface area contributed by atoms with E-state index in [1.807, 2.05) is 26.8 Å². The summed E-state index contributed by atoms with van der Waals surface area (Å²) in [7, 11) is 1.61. The first-order valence-corrected chi connectivity index (χ1v) is 16.2. The number of ether oxygens (including phenoxy) is 4. The van der Waals surface area contributed by atoms with E-state index < -0.39 is 35.2 Å². The molecule has 44 heavy (non-hydrogen) atoms. The highest BCUT2D eigenvalue weighted by Gasteiger charge is 2.72. The van der Waals surface area contributed by atoms with Gasteiger partial charge >= 0.3 is 6.09 Å². The van der Waals surface area contributed by atoms with Crippen molar-refractivity contribution in [1.82, 2.24) is 5.32 Å². The summed E-state index contributed by atoms with van der Waals surface area (Å²) in [6, 6.07) is 7.05. The fourth-order valence-corrected chi connectivity index (χ4v) is 6.78. The number of alkyl carbamates (subject to hydrolysis) is 1. The molecule has 242 valence electrons. The number of ketones is 1. The van der Waals surface area contributed by atoms with Crippen LogP contribution in [0, 0.1) is 11.3 Å². The van der Waals surface area contributed by atoms with Gasteiger partial charge in [-0.15, -0.1) is 11.8 Å². The molecule has 4 rings (SSSR count). The SMILES string of the molecule is CO[C@@H]1[C@H](OC(=O)NC(=O)CSc2cccc(NC(=O)CCC(=O)C(C)(C)C)c2)CC[C@]2(CO2)[C@H]1[C@@]1(C)O[C@@H]1CC=C(C)C. The lowest BCUT2D eigenvalue weighted by molar-refractivity contribution is -0.128. The Balaban J connectivity index is 1.26. The van der Waals surface area contributed by atoms with Crippen LogP contribution in [-0.4, -0.2) is 72.7 Å². The Morgan fingerprint density at radius 1 is 1.14 bits per heavy atom. The number of rotatable bonds is 12. The van der Waals surface area contributed by atoms with Crippen LogP contribution in [0.3, 0.4) is 0 Å². The summed E-state index contributed by atoms with van der Waals surface area (Å²) in [6.45, 7) is 12.3. The van der Waals surface area contributed by atoms with Gasteiger partial charge in [-0.3, -0.25) is 19.7 Å². The van der Waals surface area contributed by atoms with Gasteiger partial charge in [0.05, 0.1) is 24.4 Å². The Hall–Kier alpha value is -2.73. The second kappa shape index (κ2) is 13.7. The summed E-state index contributed by atoms with van der Waals surface area (Å²) < 4.78 is 23.8. The Kier molecular flexibility index (Phi) is 10.7. The number of benzene rings is 1. The number of nitrogens with one attached hydrogen (secondary N) is 2. The molecule has 0 radical (unpaired) electrons. The number of methoxy groups -OCH3 is 1. The zero-order valence-electron chi connectivity index (χ0n) is 26.8. The van der Waals surface area contributed by atoms with E-state index in [0.29, 0.717) is 25.1 Å². The molecule has 0 bridgehead atoms. The molecule has 10 nitrogen and oxygen atoms in total. The van der Waals surface area contributed by atoms with Crippen molar-refractivity contribution in [3.05, 3.63) is 35.9 Å². The monoisotopic (exact) mass is 630 g/mol. The minimum Gasteiger partial charge on any atom is -0.443 e. The second-order valence-corrected chi connectivity index (χ2v) is 14.5. The van der Waals surface area contributed by atoms with Crippen molar-refractivity contribution < 1.29 is 38.1 Å². The quantitative estimate of drug-likeness (QED) is 0.176. The molecule has 6 atom stereocenters. The van der Waals surface area contributed by atoms with Gasteiger partial charge in [0, 0.05) is 35.9 Å². The molecule has 2 aliphatic heterocycles. The molecule has 3 aliphatic rings. The van der Waals surface area contributed by atoms with Gasteiger partial charge in [-0.2, -0.15) is 0 Å². The van der Waals surface area contributed by atoms with Gasteiger partial charge in [0.2, 0.25) is 11.8 Å². The van der Waals surface area contributed by atoms with Crippen LogP contribution in [0.4, 0.5) is 10.5 Å². The van der Waals surface area contributed by atoms with Crippen LogP contribution in [-0.2, 0) is 33.3 Å². The fourth-order valence-electron chi connectivity index (χ4n) is 6.03. The summed E-state index contributed by atoms with van der Waals surface area (Å²) in [6.07, 6.45) is 2.74. The van der Waals surface area contributed by atoms with Crippen molar-refractivity contribution in [2.24, 2.45) is 11.3 Å². The Morgan fingerprint density at radius 3 is 2.50 bits per heavy atom. The van der Waals surface area contributed by atoms with Crippen molar-refractivity contribution in [1.29, 1.82) is 0 Å². The summed E-state index contributed by atoms with van der Waals surface area (Å²) in [5.74, 6) is -0.867. The Bertz CT molecular complexity index is 1280. The predicted molar refractivity (Wildman–Crippen MR) is 167 cm³/mol. The highest BCUT2D eigenvalue weighted by molar-refractivity contribution is 8.00.